The van der Waals surface area contributed by atoms with Gasteiger partial charge in [0.15, 0.2) is 0 Å². The van der Waals surface area contributed by atoms with Crippen LogP contribution in [0.15, 0.2) is 24.3 Å². The fraction of sp³-hybridized carbons (Fsp3) is 0.357. The molecule has 0 fully saturated rings. The zero-order valence-electron chi connectivity index (χ0n) is 10.5. The van der Waals surface area contributed by atoms with Gasteiger partial charge in [0, 0.05) is 16.6 Å². The number of fused-ring (bicyclic) bond motifs is 1. The third-order valence-corrected chi connectivity index (χ3v) is 3.14. The van der Waals surface area contributed by atoms with E-state index >= 15 is 0 Å². The van der Waals surface area contributed by atoms with Crippen LogP contribution in [0, 0.1) is 13.8 Å². The largest absolute Gasteiger partial charge is 0.465 e. The number of carbonyl (C=O) groups excluding carboxylic acids is 1. The van der Waals surface area contributed by atoms with E-state index in [2.05, 4.69) is 13.0 Å². The van der Waals surface area contributed by atoms with E-state index < -0.39 is 0 Å². The molecule has 1 heterocycles. The molecule has 3 nitrogen and oxygen atoms in total. The smallest absolute Gasteiger partial charge is 0.325 e. The van der Waals surface area contributed by atoms with Gasteiger partial charge < -0.3 is 9.30 Å². The molecule has 2 aromatic rings. The molecule has 0 spiro atoms. The fourth-order valence-electron chi connectivity index (χ4n) is 2.14. The van der Waals surface area contributed by atoms with Crippen LogP contribution in [0.25, 0.3) is 10.9 Å². The fourth-order valence-corrected chi connectivity index (χ4v) is 2.14. The molecule has 0 saturated heterocycles. The third-order valence-electron chi connectivity index (χ3n) is 3.14. The first-order chi connectivity index (χ1) is 8.15. The Morgan fingerprint density at radius 1 is 1.29 bits per heavy atom. The number of aromatic nitrogens is 1. The number of rotatable bonds is 3. The minimum atomic E-state index is -0.184. The highest BCUT2D eigenvalue weighted by Gasteiger charge is 2.13. The molecule has 0 radical (unpaired) electrons. The summed E-state index contributed by atoms with van der Waals surface area (Å²) in [6, 6.07) is 8.13. The van der Waals surface area contributed by atoms with Gasteiger partial charge in [0.2, 0.25) is 0 Å². The maximum atomic E-state index is 11.6. The average Bonchev–Trinajstić information content (AvgIpc) is 2.56. The lowest BCUT2D eigenvalue weighted by Crippen LogP contribution is -2.14. The second-order valence-corrected chi connectivity index (χ2v) is 4.12. The van der Waals surface area contributed by atoms with E-state index in [4.69, 9.17) is 4.74 Å². The molecule has 0 unspecified atom stereocenters. The number of esters is 1. The number of hydrogen-bond acceptors (Lipinski definition) is 2. The molecule has 0 aliphatic carbocycles. The van der Waals surface area contributed by atoms with Crippen LogP contribution in [0.3, 0.4) is 0 Å². The summed E-state index contributed by atoms with van der Waals surface area (Å²) in [7, 11) is 0. The molecular formula is C14H17NO2. The predicted molar refractivity (Wildman–Crippen MR) is 68.0 cm³/mol. The molecule has 3 heteroatoms. The van der Waals surface area contributed by atoms with Crippen LogP contribution in [0.5, 0.6) is 0 Å². The van der Waals surface area contributed by atoms with E-state index in [1.807, 2.05) is 36.6 Å². The van der Waals surface area contributed by atoms with Gasteiger partial charge in [-0.15, -0.1) is 0 Å². The summed E-state index contributed by atoms with van der Waals surface area (Å²) in [5.74, 6) is -0.184. The second-order valence-electron chi connectivity index (χ2n) is 4.12. The minimum Gasteiger partial charge on any atom is -0.465 e. The lowest BCUT2D eigenvalue weighted by atomic mass is 10.2. The monoisotopic (exact) mass is 231 g/mol. The predicted octanol–water partition coefficient (Wildman–Crippen LogP) is 2.82. The minimum absolute atomic E-state index is 0.184. The Morgan fingerprint density at radius 2 is 2.00 bits per heavy atom. The van der Waals surface area contributed by atoms with Gasteiger partial charge in [-0.3, -0.25) is 4.79 Å². The average molecular weight is 231 g/mol. The van der Waals surface area contributed by atoms with Crippen molar-refractivity contribution in [1.29, 1.82) is 0 Å². The van der Waals surface area contributed by atoms with E-state index in [9.17, 15) is 4.79 Å². The van der Waals surface area contributed by atoms with E-state index in [0.717, 1.165) is 11.2 Å². The number of para-hydroxylation sites is 1. The van der Waals surface area contributed by atoms with Crippen molar-refractivity contribution >= 4 is 16.9 Å². The molecule has 0 amide bonds. The highest BCUT2D eigenvalue weighted by atomic mass is 16.5. The Labute approximate surface area is 101 Å². The molecule has 17 heavy (non-hydrogen) atoms. The second kappa shape index (κ2) is 4.62. The van der Waals surface area contributed by atoms with Crippen LogP contribution in [-0.4, -0.2) is 17.1 Å². The SMILES string of the molecule is CCOC(=O)Cn1c(C)c(C)c2ccccc21. The van der Waals surface area contributed by atoms with Crippen molar-refractivity contribution in [3.8, 4) is 0 Å². The summed E-state index contributed by atoms with van der Waals surface area (Å²) in [5.41, 5.74) is 3.44. The lowest BCUT2D eigenvalue weighted by Gasteiger charge is -2.07. The van der Waals surface area contributed by atoms with Gasteiger partial charge in [0.05, 0.1) is 6.61 Å². The zero-order valence-corrected chi connectivity index (χ0v) is 10.5. The van der Waals surface area contributed by atoms with Crippen LogP contribution < -0.4 is 0 Å². The summed E-state index contributed by atoms with van der Waals surface area (Å²) < 4.78 is 7.02. The third kappa shape index (κ3) is 2.05. The number of carbonyl (C=O) groups is 1. The van der Waals surface area contributed by atoms with Gasteiger partial charge in [-0.2, -0.15) is 0 Å². The van der Waals surface area contributed by atoms with E-state index in [1.54, 1.807) is 0 Å². The molecule has 0 atom stereocenters. The van der Waals surface area contributed by atoms with Crippen molar-refractivity contribution in [1.82, 2.24) is 4.57 Å². The maximum absolute atomic E-state index is 11.6. The van der Waals surface area contributed by atoms with E-state index in [1.165, 1.54) is 10.9 Å². The number of nitrogens with zero attached hydrogens (tertiary/aromatic N) is 1. The molecule has 2 rings (SSSR count). The first-order valence-electron chi connectivity index (χ1n) is 5.85. The summed E-state index contributed by atoms with van der Waals surface area (Å²) >= 11 is 0. The Balaban J connectivity index is 2.46. The van der Waals surface area contributed by atoms with Crippen molar-refractivity contribution in [2.45, 2.75) is 27.3 Å². The summed E-state index contributed by atoms with van der Waals surface area (Å²) in [6.45, 7) is 6.65. The van der Waals surface area contributed by atoms with Gasteiger partial charge in [-0.1, -0.05) is 18.2 Å². The van der Waals surface area contributed by atoms with Crippen molar-refractivity contribution in [2.24, 2.45) is 0 Å². The molecule has 0 bridgehead atoms. The normalized spacial score (nSPS) is 10.8. The Hall–Kier alpha value is -1.77. The molecule has 0 saturated carbocycles. The molecule has 1 aromatic carbocycles. The van der Waals surface area contributed by atoms with Gasteiger partial charge in [-0.25, -0.2) is 0 Å². The van der Waals surface area contributed by atoms with Crippen molar-refractivity contribution < 1.29 is 9.53 Å². The van der Waals surface area contributed by atoms with E-state index in [-0.39, 0.29) is 12.5 Å². The van der Waals surface area contributed by atoms with Crippen LogP contribution in [0.1, 0.15) is 18.2 Å². The molecule has 90 valence electrons. The Morgan fingerprint density at radius 3 is 2.71 bits per heavy atom. The first kappa shape index (κ1) is 11.7. The Kier molecular flexibility index (Phi) is 3.18. The lowest BCUT2D eigenvalue weighted by molar-refractivity contribution is -0.143. The highest BCUT2D eigenvalue weighted by molar-refractivity contribution is 5.86. The van der Waals surface area contributed by atoms with Gasteiger partial charge in [0.25, 0.3) is 0 Å². The molecule has 1 aromatic heterocycles. The van der Waals surface area contributed by atoms with Gasteiger partial charge in [0.1, 0.15) is 6.54 Å². The van der Waals surface area contributed by atoms with Crippen molar-refractivity contribution in [3.63, 3.8) is 0 Å². The van der Waals surface area contributed by atoms with Crippen LogP contribution in [-0.2, 0) is 16.1 Å². The summed E-state index contributed by atoms with van der Waals surface area (Å²) in [4.78, 5) is 11.6. The van der Waals surface area contributed by atoms with Crippen LogP contribution in [0.2, 0.25) is 0 Å². The highest BCUT2D eigenvalue weighted by Crippen LogP contribution is 2.24. The van der Waals surface area contributed by atoms with E-state index in [0.29, 0.717) is 6.61 Å². The van der Waals surface area contributed by atoms with Gasteiger partial charge >= 0.3 is 5.97 Å². The number of hydrogen-bond donors (Lipinski definition) is 0. The van der Waals surface area contributed by atoms with Crippen LogP contribution >= 0.6 is 0 Å². The van der Waals surface area contributed by atoms with Crippen LogP contribution in [0.4, 0.5) is 0 Å². The Bertz CT molecular complexity index is 555. The number of benzene rings is 1. The zero-order chi connectivity index (χ0) is 12.4. The quantitative estimate of drug-likeness (QED) is 0.761. The van der Waals surface area contributed by atoms with Crippen molar-refractivity contribution in [3.05, 3.63) is 35.5 Å². The number of aryl methyl sites for hydroxylation is 1. The number of ether oxygens (including phenoxy) is 1. The maximum Gasteiger partial charge on any atom is 0.325 e. The van der Waals surface area contributed by atoms with Gasteiger partial charge in [-0.05, 0) is 32.4 Å². The molecule has 0 N–H and O–H groups in total. The summed E-state index contributed by atoms with van der Waals surface area (Å²) in [5, 5.41) is 1.20. The molecule has 0 aliphatic heterocycles. The topological polar surface area (TPSA) is 31.2 Å². The summed E-state index contributed by atoms with van der Waals surface area (Å²) in [6.07, 6.45) is 0. The standard InChI is InChI=1S/C14H17NO2/c1-4-17-14(16)9-15-11(3)10(2)12-7-5-6-8-13(12)15/h5-8H,4,9H2,1-3H3. The molecule has 0 aliphatic rings. The van der Waals surface area contributed by atoms with Crippen molar-refractivity contribution in [2.75, 3.05) is 6.61 Å². The first-order valence-corrected chi connectivity index (χ1v) is 5.85. The molecular weight excluding hydrogens is 214 g/mol.